The average Bonchev–Trinajstić information content (AvgIpc) is 3.32. The number of nitrogens with two attached hydrogens (primary N) is 1. The van der Waals surface area contributed by atoms with E-state index in [1.807, 2.05) is 67.6 Å². The van der Waals surface area contributed by atoms with Gasteiger partial charge >= 0.3 is 0 Å². The Balaban J connectivity index is 1.45. The topological polar surface area (TPSA) is 84.7 Å². The third-order valence-electron chi connectivity index (χ3n) is 5.77. The maximum atomic E-state index is 12.8. The fourth-order valence-electron chi connectivity index (χ4n) is 3.86. The number of benzene rings is 2. The van der Waals surface area contributed by atoms with Crippen LogP contribution < -0.4 is 5.73 Å². The average molecular weight is 417 g/mol. The number of aromatic nitrogens is 1. The van der Waals surface area contributed by atoms with Gasteiger partial charge in [0.2, 0.25) is 0 Å². The second-order valence-corrected chi connectivity index (χ2v) is 7.99. The number of hydrogen-bond acceptors (Lipinski definition) is 4. The first-order valence-electron chi connectivity index (χ1n) is 10.8. The summed E-state index contributed by atoms with van der Waals surface area (Å²) in [6.07, 6.45) is 3.58. The van der Waals surface area contributed by atoms with Crippen LogP contribution in [0, 0.1) is 0 Å². The zero-order chi connectivity index (χ0) is 21.6. The zero-order valence-electron chi connectivity index (χ0n) is 17.8. The highest BCUT2D eigenvalue weighted by molar-refractivity contribution is 6.09. The Morgan fingerprint density at radius 3 is 2.58 bits per heavy atom. The first-order chi connectivity index (χ1) is 15.1. The monoisotopic (exact) mass is 416 g/mol. The SMILES string of the molecule is CC(c1cccc(C(=O)c2ccccc2)c1)c1cc(CN=C(N)N2CCCCC2)no1. The molecule has 1 aromatic heterocycles. The molecule has 1 atom stereocenters. The minimum atomic E-state index is -0.0341. The third-order valence-corrected chi connectivity index (χ3v) is 5.77. The van der Waals surface area contributed by atoms with Crippen LogP contribution >= 0.6 is 0 Å². The van der Waals surface area contributed by atoms with Crippen LogP contribution in [0.15, 0.2) is 70.2 Å². The van der Waals surface area contributed by atoms with Gasteiger partial charge < -0.3 is 15.2 Å². The minimum absolute atomic E-state index is 0.00966. The number of nitrogens with zero attached hydrogens (tertiary/aromatic N) is 3. The van der Waals surface area contributed by atoms with Crippen molar-refractivity contribution in [2.75, 3.05) is 13.1 Å². The standard InChI is InChI=1S/C25H28N4O2/c1-18(20-11-8-12-21(15-20)24(30)19-9-4-2-5-10-19)23-16-22(28-31-23)17-27-25(26)29-13-6-3-7-14-29/h2,4-5,8-12,15-16,18H,3,6-7,13-14,17H2,1H3,(H2,26,27). The molecule has 3 aromatic rings. The van der Waals surface area contributed by atoms with E-state index >= 15 is 0 Å². The molecule has 2 N–H and O–H groups in total. The summed E-state index contributed by atoms with van der Waals surface area (Å²) in [6.45, 7) is 4.37. The van der Waals surface area contributed by atoms with Crippen LogP contribution in [-0.4, -0.2) is 34.9 Å². The van der Waals surface area contributed by atoms with Gasteiger partial charge in [-0.05, 0) is 30.9 Å². The molecular weight excluding hydrogens is 388 g/mol. The van der Waals surface area contributed by atoms with Crippen LogP contribution in [-0.2, 0) is 6.54 Å². The van der Waals surface area contributed by atoms with Crippen molar-refractivity contribution in [2.24, 2.45) is 10.7 Å². The third kappa shape index (κ3) is 5.02. The number of ketones is 1. The number of guanidine groups is 1. The Morgan fingerprint density at radius 1 is 1.06 bits per heavy atom. The van der Waals surface area contributed by atoms with Gasteiger partial charge in [-0.25, -0.2) is 4.99 Å². The van der Waals surface area contributed by atoms with E-state index in [9.17, 15) is 4.79 Å². The van der Waals surface area contributed by atoms with E-state index in [1.54, 1.807) is 0 Å². The molecule has 1 saturated heterocycles. The normalized spacial score (nSPS) is 15.6. The summed E-state index contributed by atoms with van der Waals surface area (Å²) in [7, 11) is 0. The van der Waals surface area contributed by atoms with Crippen LogP contribution in [0.5, 0.6) is 0 Å². The van der Waals surface area contributed by atoms with Crippen molar-refractivity contribution in [3.8, 4) is 0 Å². The maximum absolute atomic E-state index is 12.8. The molecule has 1 aliphatic rings. The van der Waals surface area contributed by atoms with Gasteiger partial charge in [-0.2, -0.15) is 0 Å². The van der Waals surface area contributed by atoms with Crippen LogP contribution in [0.3, 0.4) is 0 Å². The van der Waals surface area contributed by atoms with Gasteiger partial charge in [0.15, 0.2) is 11.7 Å². The minimum Gasteiger partial charge on any atom is -0.370 e. The molecule has 2 aromatic carbocycles. The van der Waals surface area contributed by atoms with Gasteiger partial charge in [-0.1, -0.05) is 60.6 Å². The highest BCUT2D eigenvalue weighted by atomic mass is 16.5. The van der Waals surface area contributed by atoms with Crippen molar-refractivity contribution in [1.82, 2.24) is 10.1 Å². The second-order valence-electron chi connectivity index (χ2n) is 7.99. The maximum Gasteiger partial charge on any atom is 0.193 e. The van der Waals surface area contributed by atoms with Gasteiger partial charge in [-0.15, -0.1) is 0 Å². The lowest BCUT2D eigenvalue weighted by molar-refractivity contribution is 0.103. The summed E-state index contributed by atoms with van der Waals surface area (Å²) in [5.74, 6) is 1.29. The molecule has 0 spiro atoms. The molecule has 0 amide bonds. The Kier molecular flexibility index (Phi) is 6.46. The molecule has 1 aliphatic heterocycles. The molecule has 160 valence electrons. The highest BCUT2D eigenvalue weighted by Crippen LogP contribution is 2.26. The van der Waals surface area contributed by atoms with Crippen molar-refractivity contribution in [1.29, 1.82) is 0 Å². The zero-order valence-corrected chi connectivity index (χ0v) is 17.8. The summed E-state index contributed by atoms with van der Waals surface area (Å²) in [5.41, 5.74) is 9.22. The van der Waals surface area contributed by atoms with Gasteiger partial charge in [0.1, 0.15) is 11.5 Å². The Hall–Kier alpha value is -3.41. The number of likely N-dealkylation sites (tertiary alicyclic amines) is 1. The summed E-state index contributed by atoms with van der Waals surface area (Å²) < 4.78 is 5.59. The Morgan fingerprint density at radius 2 is 1.81 bits per heavy atom. The number of aliphatic imine (C=N–C) groups is 1. The lowest BCUT2D eigenvalue weighted by Gasteiger charge is -2.27. The van der Waals surface area contributed by atoms with Gasteiger partial charge in [0, 0.05) is 36.2 Å². The lowest BCUT2D eigenvalue weighted by Crippen LogP contribution is -2.40. The van der Waals surface area contributed by atoms with E-state index in [4.69, 9.17) is 10.3 Å². The van der Waals surface area contributed by atoms with Gasteiger partial charge in [-0.3, -0.25) is 4.79 Å². The van der Waals surface area contributed by atoms with E-state index in [1.165, 1.54) is 6.42 Å². The van der Waals surface area contributed by atoms with Crippen molar-refractivity contribution in [2.45, 2.75) is 38.6 Å². The summed E-state index contributed by atoms with van der Waals surface area (Å²) in [4.78, 5) is 19.4. The van der Waals surface area contributed by atoms with Crippen LogP contribution in [0.4, 0.5) is 0 Å². The van der Waals surface area contributed by atoms with Crippen LogP contribution in [0.1, 0.15) is 65.0 Å². The molecule has 6 heteroatoms. The molecule has 1 unspecified atom stereocenters. The van der Waals surface area contributed by atoms with E-state index < -0.39 is 0 Å². The van der Waals surface area contributed by atoms with Gasteiger partial charge in [0.25, 0.3) is 0 Å². The van der Waals surface area contributed by atoms with E-state index in [-0.39, 0.29) is 11.7 Å². The summed E-state index contributed by atoms with van der Waals surface area (Å²) in [6, 6.07) is 18.9. The lowest BCUT2D eigenvalue weighted by atomic mass is 9.94. The molecule has 0 saturated carbocycles. The fourth-order valence-corrected chi connectivity index (χ4v) is 3.86. The number of rotatable bonds is 6. The predicted molar refractivity (Wildman–Crippen MR) is 121 cm³/mol. The second kappa shape index (κ2) is 9.60. The summed E-state index contributed by atoms with van der Waals surface area (Å²) >= 11 is 0. The highest BCUT2D eigenvalue weighted by Gasteiger charge is 2.17. The van der Waals surface area contributed by atoms with Crippen molar-refractivity contribution < 1.29 is 9.32 Å². The summed E-state index contributed by atoms with van der Waals surface area (Å²) in [5, 5.41) is 4.16. The molecule has 2 heterocycles. The predicted octanol–water partition coefficient (Wildman–Crippen LogP) is 4.36. The van der Waals surface area contributed by atoms with Crippen molar-refractivity contribution >= 4 is 11.7 Å². The molecule has 31 heavy (non-hydrogen) atoms. The molecule has 1 fully saturated rings. The molecule has 0 aliphatic carbocycles. The van der Waals surface area contributed by atoms with Crippen LogP contribution in [0.2, 0.25) is 0 Å². The quantitative estimate of drug-likeness (QED) is 0.367. The fraction of sp³-hybridized carbons (Fsp3) is 0.320. The molecule has 0 radical (unpaired) electrons. The van der Waals surface area contributed by atoms with Crippen LogP contribution in [0.25, 0.3) is 0 Å². The first kappa shape index (κ1) is 20.8. The smallest absolute Gasteiger partial charge is 0.193 e. The molecule has 4 rings (SSSR count). The first-order valence-corrected chi connectivity index (χ1v) is 10.8. The largest absolute Gasteiger partial charge is 0.370 e. The van der Waals surface area contributed by atoms with Crippen molar-refractivity contribution in [3.63, 3.8) is 0 Å². The Labute approximate surface area is 182 Å². The molecule has 0 bridgehead atoms. The number of piperidine rings is 1. The van der Waals surface area contributed by atoms with E-state index in [0.29, 0.717) is 23.6 Å². The van der Waals surface area contributed by atoms with Crippen molar-refractivity contribution in [3.05, 3.63) is 88.8 Å². The molecule has 6 nitrogen and oxygen atoms in total. The number of carbonyl (C=O) groups is 1. The Bertz CT molecular complexity index is 1050. The van der Waals surface area contributed by atoms with Gasteiger partial charge in [0.05, 0.1) is 6.54 Å². The molecular formula is C25H28N4O2. The van der Waals surface area contributed by atoms with E-state index in [0.717, 1.165) is 42.9 Å². The number of carbonyl (C=O) groups excluding carboxylic acids is 1. The number of hydrogen-bond donors (Lipinski definition) is 1. The van der Waals surface area contributed by atoms with E-state index in [2.05, 4.69) is 15.0 Å².